The van der Waals surface area contributed by atoms with Gasteiger partial charge in [0.2, 0.25) is 0 Å². The van der Waals surface area contributed by atoms with Crippen LogP contribution in [0.3, 0.4) is 0 Å². The van der Waals surface area contributed by atoms with Crippen molar-refractivity contribution in [3.05, 3.63) is 78.4 Å². The third-order valence-corrected chi connectivity index (χ3v) is 3.71. The molecule has 1 aromatic heterocycles. The van der Waals surface area contributed by atoms with Crippen LogP contribution in [-0.2, 0) is 5.41 Å². The molecule has 1 heteroatoms. The summed E-state index contributed by atoms with van der Waals surface area (Å²) in [5, 5.41) is 0. The first-order chi connectivity index (χ1) is 10.5. The average Bonchev–Trinajstić information content (AvgIpc) is 2.55. The summed E-state index contributed by atoms with van der Waals surface area (Å²) >= 11 is 0. The van der Waals surface area contributed by atoms with Crippen LogP contribution in [-0.4, -0.2) is 4.98 Å². The molecule has 0 aliphatic rings. The van der Waals surface area contributed by atoms with Crippen LogP contribution in [0.15, 0.2) is 60.7 Å². The molecule has 0 saturated carbocycles. The van der Waals surface area contributed by atoms with Crippen molar-refractivity contribution in [2.45, 2.75) is 26.2 Å². The predicted octanol–water partition coefficient (Wildman–Crippen LogP) is 5.31. The monoisotopic (exact) mass is 285 g/mol. The number of hydrogen-bond acceptors (Lipinski definition) is 1. The van der Waals surface area contributed by atoms with E-state index in [0.29, 0.717) is 0 Å². The van der Waals surface area contributed by atoms with Crippen molar-refractivity contribution in [2.75, 3.05) is 0 Å². The van der Waals surface area contributed by atoms with Crippen molar-refractivity contribution in [2.24, 2.45) is 0 Å². The minimum atomic E-state index is 0.0752. The van der Waals surface area contributed by atoms with Gasteiger partial charge in [0, 0.05) is 11.1 Å². The van der Waals surface area contributed by atoms with Crippen LogP contribution in [0.1, 0.15) is 26.3 Å². The minimum Gasteiger partial charge on any atom is -0.248 e. The highest BCUT2D eigenvalue weighted by Gasteiger charge is 2.17. The van der Waals surface area contributed by atoms with E-state index in [9.17, 15) is 0 Å². The van der Waals surface area contributed by atoms with E-state index in [0.717, 1.165) is 22.5 Å². The van der Waals surface area contributed by atoms with Crippen molar-refractivity contribution < 1.29 is 0 Å². The fourth-order valence-electron chi connectivity index (χ4n) is 2.37. The SMILES string of the molecule is CC(C)(C)c1cc(-c2cc#ccc2)nc(-c2ccccc2)c1. The zero-order chi connectivity index (χ0) is 15.6. The summed E-state index contributed by atoms with van der Waals surface area (Å²) < 4.78 is 0. The van der Waals surface area contributed by atoms with Gasteiger partial charge in [-0.2, -0.15) is 0 Å². The Morgan fingerprint density at radius 2 is 1.50 bits per heavy atom. The van der Waals surface area contributed by atoms with Gasteiger partial charge in [-0.15, -0.1) is 0 Å². The first-order valence-electron chi connectivity index (χ1n) is 7.50. The summed E-state index contributed by atoms with van der Waals surface area (Å²) in [4.78, 5) is 4.85. The second kappa shape index (κ2) is 5.66. The van der Waals surface area contributed by atoms with E-state index >= 15 is 0 Å². The van der Waals surface area contributed by atoms with E-state index in [1.807, 2.05) is 36.4 Å². The molecule has 3 aromatic rings. The van der Waals surface area contributed by atoms with Crippen LogP contribution < -0.4 is 0 Å². The average molecular weight is 285 g/mol. The lowest BCUT2D eigenvalue weighted by Gasteiger charge is -2.21. The van der Waals surface area contributed by atoms with Gasteiger partial charge in [-0.3, -0.25) is 0 Å². The summed E-state index contributed by atoms with van der Waals surface area (Å²) in [6.45, 7) is 6.68. The van der Waals surface area contributed by atoms with Crippen LogP contribution >= 0.6 is 0 Å². The summed E-state index contributed by atoms with van der Waals surface area (Å²) in [7, 11) is 0. The van der Waals surface area contributed by atoms with Crippen LogP contribution in [0, 0.1) is 12.1 Å². The molecule has 0 atom stereocenters. The minimum absolute atomic E-state index is 0.0752. The molecule has 0 N–H and O–H groups in total. The molecular formula is C21H19N. The zero-order valence-corrected chi connectivity index (χ0v) is 13.2. The highest BCUT2D eigenvalue weighted by molar-refractivity contribution is 5.67. The Kier molecular flexibility index (Phi) is 3.69. The Hall–Kier alpha value is -2.59. The van der Waals surface area contributed by atoms with E-state index in [-0.39, 0.29) is 5.41 Å². The van der Waals surface area contributed by atoms with Crippen molar-refractivity contribution in [3.8, 4) is 22.5 Å². The molecule has 0 amide bonds. The Labute approximate surface area is 132 Å². The standard InChI is InChI=1S/C21H19N/c1-21(2,3)18-14-19(16-10-6-4-7-11-16)22-20(15-18)17-12-8-5-9-13-17/h4,6-8,10-15H,1-3H3. The van der Waals surface area contributed by atoms with E-state index < -0.39 is 0 Å². The van der Waals surface area contributed by atoms with E-state index in [1.54, 1.807) is 0 Å². The highest BCUT2D eigenvalue weighted by Crippen LogP contribution is 2.30. The highest BCUT2D eigenvalue weighted by atomic mass is 14.7. The van der Waals surface area contributed by atoms with Gasteiger partial charge in [-0.1, -0.05) is 63.2 Å². The van der Waals surface area contributed by atoms with Gasteiger partial charge in [0.15, 0.2) is 0 Å². The van der Waals surface area contributed by atoms with E-state index in [2.05, 4.69) is 57.2 Å². The molecule has 0 aliphatic heterocycles. The van der Waals surface area contributed by atoms with Crippen molar-refractivity contribution in [1.82, 2.24) is 4.98 Å². The molecule has 3 rings (SSSR count). The van der Waals surface area contributed by atoms with Gasteiger partial charge < -0.3 is 0 Å². The van der Waals surface area contributed by atoms with Gasteiger partial charge in [0.25, 0.3) is 0 Å². The first kappa shape index (κ1) is 14.4. The normalized spacial score (nSPS) is 11.0. The Balaban J connectivity index is 2.19. The van der Waals surface area contributed by atoms with Gasteiger partial charge in [0.1, 0.15) is 0 Å². The summed E-state index contributed by atoms with van der Waals surface area (Å²) in [6, 6.07) is 26.5. The molecule has 1 nitrogen and oxygen atoms in total. The molecule has 22 heavy (non-hydrogen) atoms. The molecule has 108 valence electrons. The summed E-state index contributed by atoms with van der Waals surface area (Å²) in [5.41, 5.74) is 5.56. The first-order valence-corrected chi connectivity index (χ1v) is 7.50. The molecule has 0 unspecified atom stereocenters. The number of benzene rings is 1. The van der Waals surface area contributed by atoms with Crippen LogP contribution in [0.25, 0.3) is 22.5 Å². The lowest BCUT2D eigenvalue weighted by Crippen LogP contribution is -2.12. The van der Waals surface area contributed by atoms with Crippen LogP contribution in [0.4, 0.5) is 0 Å². The Morgan fingerprint density at radius 1 is 0.818 bits per heavy atom. The summed E-state index contributed by atoms with van der Waals surface area (Å²) in [5.74, 6) is 0. The van der Waals surface area contributed by atoms with Crippen LogP contribution in [0.5, 0.6) is 0 Å². The molecule has 1 heterocycles. The van der Waals surface area contributed by atoms with Gasteiger partial charge in [0.05, 0.1) is 11.4 Å². The smallest absolute Gasteiger partial charge is 0.0719 e. The Bertz CT molecular complexity index is 695. The lowest BCUT2D eigenvalue weighted by atomic mass is 9.85. The summed E-state index contributed by atoms with van der Waals surface area (Å²) in [6.07, 6.45) is 0. The molecule has 0 aliphatic carbocycles. The fourth-order valence-corrected chi connectivity index (χ4v) is 2.37. The Morgan fingerprint density at radius 3 is 2.09 bits per heavy atom. The number of hydrogen-bond donors (Lipinski definition) is 0. The number of nitrogens with zero attached hydrogens (tertiary/aromatic N) is 1. The molecule has 0 fully saturated rings. The predicted molar refractivity (Wildman–Crippen MR) is 91.5 cm³/mol. The van der Waals surface area contributed by atoms with Crippen molar-refractivity contribution in [3.63, 3.8) is 0 Å². The van der Waals surface area contributed by atoms with E-state index in [4.69, 9.17) is 4.98 Å². The number of pyridine rings is 1. The zero-order valence-electron chi connectivity index (χ0n) is 13.2. The second-order valence-corrected chi connectivity index (χ2v) is 6.46. The number of rotatable bonds is 2. The van der Waals surface area contributed by atoms with Gasteiger partial charge in [-0.05, 0) is 41.3 Å². The maximum atomic E-state index is 4.85. The molecule has 0 bridgehead atoms. The van der Waals surface area contributed by atoms with Gasteiger partial charge >= 0.3 is 0 Å². The number of aromatic nitrogens is 1. The quantitative estimate of drug-likeness (QED) is 0.621. The van der Waals surface area contributed by atoms with Crippen molar-refractivity contribution >= 4 is 0 Å². The largest absolute Gasteiger partial charge is 0.248 e. The molecule has 0 spiro atoms. The second-order valence-electron chi connectivity index (χ2n) is 6.46. The van der Waals surface area contributed by atoms with Crippen molar-refractivity contribution in [1.29, 1.82) is 0 Å². The molecule has 2 aromatic carbocycles. The molecular weight excluding hydrogens is 266 g/mol. The molecule has 0 saturated heterocycles. The van der Waals surface area contributed by atoms with Gasteiger partial charge in [-0.25, -0.2) is 4.98 Å². The van der Waals surface area contributed by atoms with E-state index in [1.165, 1.54) is 5.56 Å². The third-order valence-electron chi connectivity index (χ3n) is 3.71. The topological polar surface area (TPSA) is 12.9 Å². The maximum Gasteiger partial charge on any atom is 0.0719 e. The third kappa shape index (κ3) is 3.02. The molecule has 0 radical (unpaired) electrons. The fraction of sp³-hybridized carbons (Fsp3) is 0.190. The van der Waals surface area contributed by atoms with Crippen LogP contribution in [0.2, 0.25) is 0 Å². The lowest BCUT2D eigenvalue weighted by molar-refractivity contribution is 0.590. The maximum absolute atomic E-state index is 4.85.